The molecule has 0 aliphatic carbocycles. The topological polar surface area (TPSA) is 110 Å². The van der Waals surface area contributed by atoms with E-state index in [0.29, 0.717) is 22.2 Å². The highest BCUT2D eigenvalue weighted by atomic mass is 35.5. The lowest BCUT2D eigenvalue weighted by atomic mass is 9.80. The highest BCUT2D eigenvalue weighted by Gasteiger charge is 2.65. The number of benzene rings is 3. The SMILES string of the molecule is CN1C(=O)N(c2cc(Cl)cc(Cl)c2)C(=O)[C@]12CN(C(=O)c1ccc3nccnc3c1)C[C@@H]2c1ccc(C#N)cc1. The molecule has 1 spiro atoms. The molecule has 40 heavy (non-hydrogen) atoms. The van der Waals surface area contributed by atoms with Gasteiger partial charge in [-0.1, -0.05) is 35.3 Å². The summed E-state index contributed by atoms with van der Waals surface area (Å²) >= 11 is 12.4. The first kappa shape index (κ1) is 25.7. The molecule has 198 valence electrons. The van der Waals surface area contributed by atoms with Crippen LogP contribution >= 0.6 is 23.2 Å². The maximum atomic E-state index is 14.3. The molecule has 0 N–H and O–H groups in total. The number of urea groups is 1. The number of hydrogen-bond acceptors (Lipinski definition) is 6. The van der Waals surface area contributed by atoms with E-state index in [1.165, 1.54) is 23.1 Å². The van der Waals surface area contributed by atoms with Crippen LogP contribution in [0.3, 0.4) is 0 Å². The van der Waals surface area contributed by atoms with Crippen molar-refractivity contribution in [3.05, 3.63) is 99.8 Å². The summed E-state index contributed by atoms with van der Waals surface area (Å²) in [6.45, 7) is 0.123. The van der Waals surface area contributed by atoms with Gasteiger partial charge in [0.25, 0.3) is 11.8 Å². The van der Waals surface area contributed by atoms with Crippen molar-refractivity contribution in [1.29, 1.82) is 5.26 Å². The zero-order valence-corrected chi connectivity index (χ0v) is 22.6. The average Bonchev–Trinajstić information content (AvgIpc) is 3.44. The molecule has 2 aliphatic rings. The molecule has 11 heteroatoms. The van der Waals surface area contributed by atoms with Gasteiger partial charge in [-0.25, -0.2) is 9.69 Å². The van der Waals surface area contributed by atoms with E-state index in [4.69, 9.17) is 23.2 Å². The molecule has 4 aromatic rings. The van der Waals surface area contributed by atoms with Gasteiger partial charge >= 0.3 is 6.03 Å². The molecule has 3 heterocycles. The fraction of sp³-hybridized carbons (Fsp3) is 0.172. The van der Waals surface area contributed by atoms with Crippen LogP contribution in [-0.2, 0) is 4.79 Å². The summed E-state index contributed by atoms with van der Waals surface area (Å²) in [6, 6.07) is 17.9. The number of hydrogen-bond donors (Lipinski definition) is 0. The van der Waals surface area contributed by atoms with Crippen LogP contribution in [0.1, 0.15) is 27.4 Å². The minimum absolute atomic E-state index is 0.0408. The third-order valence-corrected chi connectivity index (χ3v) is 8.05. The quantitative estimate of drug-likeness (QED) is 0.324. The number of likely N-dealkylation sites (N-methyl/N-ethyl adjacent to an activating group) is 1. The minimum Gasteiger partial charge on any atom is -0.335 e. The van der Waals surface area contributed by atoms with Crippen LogP contribution in [0.15, 0.2) is 73.1 Å². The van der Waals surface area contributed by atoms with E-state index in [2.05, 4.69) is 16.0 Å². The zero-order chi connectivity index (χ0) is 28.2. The Morgan fingerprint density at radius 2 is 1.65 bits per heavy atom. The molecule has 2 atom stereocenters. The molecule has 1 aromatic heterocycles. The van der Waals surface area contributed by atoms with Gasteiger partial charge in [0.1, 0.15) is 5.54 Å². The summed E-state index contributed by atoms with van der Waals surface area (Å²) in [7, 11) is 1.56. The third-order valence-electron chi connectivity index (χ3n) is 7.61. The first-order chi connectivity index (χ1) is 19.2. The number of fused-ring (bicyclic) bond motifs is 1. The molecule has 0 saturated carbocycles. The third kappa shape index (κ3) is 3.96. The lowest BCUT2D eigenvalue weighted by molar-refractivity contribution is -0.124. The highest BCUT2D eigenvalue weighted by Crippen LogP contribution is 2.47. The minimum atomic E-state index is -1.41. The average molecular weight is 571 g/mol. The Hall–Kier alpha value is -4.52. The standard InChI is InChI=1S/C29H20Cl2N6O3/c1-35-28(40)37(22-12-20(30)11-21(31)13-22)27(39)29(35)16-36(15-23(29)18-4-2-17(14-32)3-5-18)26(38)19-6-7-24-25(10-19)34-9-8-33-24/h2-13,23H,15-16H2,1H3/t23-,29-/m1/s1. The number of carbonyl (C=O) groups excluding carboxylic acids is 3. The lowest BCUT2D eigenvalue weighted by Gasteiger charge is -2.33. The molecule has 4 amide bonds. The van der Waals surface area contributed by atoms with E-state index in [9.17, 15) is 19.6 Å². The van der Waals surface area contributed by atoms with Crippen LogP contribution in [0, 0.1) is 11.3 Å². The van der Waals surface area contributed by atoms with E-state index >= 15 is 0 Å². The first-order valence-electron chi connectivity index (χ1n) is 12.3. The van der Waals surface area contributed by atoms with Crippen LogP contribution in [0.25, 0.3) is 11.0 Å². The van der Waals surface area contributed by atoms with E-state index in [0.717, 1.165) is 10.5 Å². The van der Waals surface area contributed by atoms with Gasteiger partial charge in [0.05, 0.1) is 34.9 Å². The molecule has 2 aliphatic heterocycles. The molecule has 2 fully saturated rings. The second-order valence-electron chi connectivity index (χ2n) is 9.77. The largest absolute Gasteiger partial charge is 0.335 e. The molecule has 2 saturated heterocycles. The Kier molecular flexibility index (Phi) is 6.17. The van der Waals surface area contributed by atoms with E-state index in [1.54, 1.807) is 66.8 Å². The smallest absolute Gasteiger partial charge is 0.332 e. The van der Waals surface area contributed by atoms with Gasteiger partial charge in [0.15, 0.2) is 0 Å². The molecular formula is C29H20Cl2N6O3. The number of rotatable bonds is 3. The van der Waals surface area contributed by atoms with Crippen molar-refractivity contribution in [3.63, 3.8) is 0 Å². The van der Waals surface area contributed by atoms with Crippen LogP contribution in [0.2, 0.25) is 10.0 Å². The number of carbonyl (C=O) groups is 3. The Morgan fingerprint density at radius 1 is 0.975 bits per heavy atom. The first-order valence-corrected chi connectivity index (χ1v) is 13.1. The van der Waals surface area contributed by atoms with Crippen LogP contribution in [0.4, 0.5) is 10.5 Å². The summed E-state index contributed by atoms with van der Waals surface area (Å²) in [5.74, 6) is -1.38. The summed E-state index contributed by atoms with van der Waals surface area (Å²) < 4.78 is 0. The molecular weight excluding hydrogens is 551 g/mol. The molecule has 0 radical (unpaired) electrons. The summed E-state index contributed by atoms with van der Waals surface area (Å²) in [5, 5.41) is 9.84. The Bertz CT molecular complexity index is 1730. The van der Waals surface area contributed by atoms with Crippen molar-refractivity contribution in [2.45, 2.75) is 11.5 Å². The highest BCUT2D eigenvalue weighted by molar-refractivity contribution is 6.36. The van der Waals surface area contributed by atoms with Gasteiger partial charge < -0.3 is 9.80 Å². The van der Waals surface area contributed by atoms with E-state index in [1.807, 2.05) is 0 Å². The second kappa shape index (κ2) is 9.59. The Morgan fingerprint density at radius 3 is 2.33 bits per heavy atom. The number of nitriles is 1. The predicted octanol–water partition coefficient (Wildman–Crippen LogP) is 4.89. The van der Waals surface area contributed by atoms with E-state index in [-0.39, 0.29) is 34.7 Å². The zero-order valence-electron chi connectivity index (χ0n) is 21.1. The predicted molar refractivity (Wildman–Crippen MR) is 149 cm³/mol. The van der Waals surface area contributed by atoms with Gasteiger partial charge in [-0.05, 0) is 54.1 Å². The molecule has 9 nitrogen and oxygen atoms in total. The van der Waals surface area contributed by atoms with Crippen molar-refractivity contribution in [2.24, 2.45) is 0 Å². The summed E-state index contributed by atoms with van der Waals surface area (Å²) in [4.78, 5) is 54.4. The normalized spacial score (nSPS) is 20.6. The van der Waals surface area contributed by atoms with Gasteiger partial charge in [0, 0.05) is 47.5 Å². The van der Waals surface area contributed by atoms with Crippen molar-refractivity contribution in [2.75, 3.05) is 25.0 Å². The number of amides is 4. The van der Waals surface area contributed by atoms with Crippen LogP contribution < -0.4 is 4.90 Å². The Labute approximate surface area is 239 Å². The number of halogens is 2. The van der Waals surface area contributed by atoms with Gasteiger partial charge in [-0.3, -0.25) is 19.6 Å². The fourth-order valence-corrected chi connectivity index (χ4v) is 6.15. The van der Waals surface area contributed by atoms with Crippen molar-refractivity contribution in [1.82, 2.24) is 19.8 Å². The van der Waals surface area contributed by atoms with Crippen LogP contribution in [-0.4, -0.2) is 63.3 Å². The van der Waals surface area contributed by atoms with E-state index < -0.39 is 23.4 Å². The van der Waals surface area contributed by atoms with Gasteiger partial charge in [-0.2, -0.15) is 5.26 Å². The summed E-state index contributed by atoms with van der Waals surface area (Å²) in [6.07, 6.45) is 3.13. The van der Waals surface area contributed by atoms with Gasteiger partial charge in [-0.15, -0.1) is 0 Å². The fourth-order valence-electron chi connectivity index (χ4n) is 5.64. The molecule has 0 bridgehead atoms. The van der Waals surface area contributed by atoms with Crippen molar-refractivity contribution < 1.29 is 14.4 Å². The maximum absolute atomic E-state index is 14.3. The second-order valence-corrected chi connectivity index (χ2v) is 10.6. The number of aromatic nitrogens is 2. The van der Waals surface area contributed by atoms with Gasteiger partial charge in [0.2, 0.25) is 0 Å². The van der Waals surface area contributed by atoms with Crippen molar-refractivity contribution >= 4 is 57.8 Å². The molecule has 3 aromatic carbocycles. The number of likely N-dealkylation sites (tertiary alicyclic amines) is 1. The Balaban J connectivity index is 1.44. The lowest BCUT2D eigenvalue weighted by Crippen LogP contribution is -2.54. The summed E-state index contributed by atoms with van der Waals surface area (Å²) in [5.41, 5.74) is 1.62. The van der Waals surface area contributed by atoms with Crippen LogP contribution in [0.5, 0.6) is 0 Å². The number of anilines is 1. The molecule has 6 rings (SSSR count). The maximum Gasteiger partial charge on any atom is 0.332 e. The number of nitrogens with zero attached hydrogens (tertiary/aromatic N) is 6. The number of imide groups is 1. The monoisotopic (exact) mass is 570 g/mol. The van der Waals surface area contributed by atoms with Crippen molar-refractivity contribution in [3.8, 4) is 6.07 Å². The molecule has 0 unspecified atom stereocenters.